The molecule has 0 aliphatic rings. The van der Waals surface area contributed by atoms with Gasteiger partial charge in [-0.2, -0.15) is 0 Å². The Morgan fingerprint density at radius 2 is 1.70 bits per heavy atom. The Kier molecular flexibility index (Phi) is 4.37. The molecule has 0 heterocycles. The molecule has 5 heteroatoms. The van der Waals surface area contributed by atoms with Gasteiger partial charge in [-0.1, -0.05) is 0 Å². The standard InChI is InChI=1S/C5H11.3ClH.Cr.H2N/c1-3-5-4-2;;;;;/h1,3-5H2,2H3;3*1H;;1H2/q;;;;+4;-1/p-3. The molecule has 0 atom stereocenters. The van der Waals surface area contributed by atoms with Crippen LogP contribution in [0.5, 0.6) is 0 Å². The number of nitrogens with two attached hydrogens (primary N) is 1. The van der Waals surface area contributed by atoms with Crippen molar-refractivity contribution < 1.29 is 9.46 Å². The van der Waals surface area contributed by atoms with E-state index in [1.807, 2.05) is 0 Å². The van der Waals surface area contributed by atoms with Crippen molar-refractivity contribution in [2.45, 2.75) is 31.5 Å². The van der Waals surface area contributed by atoms with E-state index < -0.39 is 9.46 Å². The molecule has 1 nitrogen and oxygen atoms in total. The van der Waals surface area contributed by atoms with Crippen LogP contribution in [0.3, 0.4) is 0 Å². The predicted molar refractivity (Wildman–Crippen MR) is 46.1 cm³/mol. The summed E-state index contributed by atoms with van der Waals surface area (Å²) in [5.41, 5.74) is 0. The minimum atomic E-state index is -3.59. The molecule has 0 bridgehead atoms. The van der Waals surface area contributed by atoms with Gasteiger partial charge < -0.3 is 0 Å². The van der Waals surface area contributed by atoms with Crippen molar-refractivity contribution in [1.29, 1.82) is 0 Å². The molecule has 0 aromatic heterocycles. The fourth-order valence-corrected chi connectivity index (χ4v) is 3.04. The molecule has 0 aromatic carbocycles. The summed E-state index contributed by atoms with van der Waals surface area (Å²) in [4.78, 5) is 0. The van der Waals surface area contributed by atoms with E-state index in [1.54, 1.807) is 0 Å². The molecule has 65 valence electrons. The van der Waals surface area contributed by atoms with Crippen LogP contribution < -0.4 is 4.72 Å². The second kappa shape index (κ2) is 3.85. The van der Waals surface area contributed by atoms with Crippen LogP contribution in [0.2, 0.25) is 5.28 Å². The van der Waals surface area contributed by atoms with Gasteiger partial charge in [-0.3, -0.25) is 0 Å². The van der Waals surface area contributed by atoms with Gasteiger partial charge in [0.15, 0.2) is 0 Å². The van der Waals surface area contributed by atoms with E-state index in [0.717, 1.165) is 19.3 Å². The van der Waals surface area contributed by atoms with E-state index >= 15 is 0 Å². The zero-order valence-electron chi connectivity index (χ0n) is 5.95. The SMILES string of the molecule is CCCC[CH2][Cr]([NH2])([Cl])([Cl])[Cl]. The summed E-state index contributed by atoms with van der Waals surface area (Å²) in [5, 5.41) is 0.582. The molecule has 0 saturated carbocycles. The number of hydrogen-bond donors (Lipinski definition) is 1. The van der Waals surface area contributed by atoms with Crippen LogP contribution >= 0.6 is 30.1 Å². The predicted octanol–water partition coefficient (Wildman–Crippen LogP) is 3.62. The van der Waals surface area contributed by atoms with Gasteiger partial charge in [-0.15, -0.1) is 0 Å². The van der Waals surface area contributed by atoms with E-state index in [-0.39, 0.29) is 0 Å². The van der Waals surface area contributed by atoms with E-state index in [9.17, 15) is 0 Å². The van der Waals surface area contributed by atoms with Crippen molar-refractivity contribution in [1.82, 2.24) is 0 Å². The van der Waals surface area contributed by atoms with Crippen LogP contribution in [0.25, 0.3) is 0 Å². The summed E-state index contributed by atoms with van der Waals surface area (Å²) in [6, 6.07) is 0. The molecule has 0 aliphatic heterocycles. The van der Waals surface area contributed by atoms with Gasteiger partial charge in [0.25, 0.3) is 0 Å². The third-order valence-corrected chi connectivity index (χ3v) is 4.55. The topological polar surface area (TPSA) is 26.0 Å². The number of halogens is 3. The zero-order chi connectivity index (χ0) is 8.28. The third kappa shape index (κ3) is 9.36. The maximum absolute atomic E-state index is 5.70. The van der Waals surface area contributed by atoms with Crippen LogP contribution in [0.4, 0.5) is 0 Å². The van der Waals surface area contributed by atoms with Crippen molar-refractivity contribution in [3.05, 3.63) is 0 Å². The fraction of sp³-hybridized carbons (Fsp3) is 1.00. The van der Waals surface area contributed by atoms with Gasteiger partial charge in [-0.05, 0) is 0 Å². The van der Waals surface area contributed by atoms with Gasteiger partial charge in [0.1, 0.15) is 0 Å². The summed E-state index contributed by atoms with van der Waals surface area (Å²) in [6.07, 6.45) is 3.16. The first kappa shape index (κ1) is 11.4. The molecule has 0 aliphatic carbocycles. The van der Waals surface area contributed by atoms with Crippen LogP contribution in [0.15, 0.2) is 0 Å². The van der Waals surface area contributed by atoms with Crippen LogP contribution in [-0.2, 0) is 9.46 Å². The third-order valence-electron chi connectivity index (χ3n) is 1.10. The van der Waals surface area contributed by atoms with Gasteiger partial charge in [0, 0.05) is 0 Å². The van der Waals surface area contributed by atoms with Crippen molar-refractivity contribution in [3.8, 4) is 0 Å². The van der Waals surface area contributed by atoms with Crippen LogP contribution in [-0.4, -0.2) is 0 Å². The molecule has 0 rings (SSSR count). The Morgan fingerprint density at radius 3 is 2.00 bits per heavy atom. The quantitative estimate of drug-likeness (QED) is 0.752. The molecular formula is C5H13Cl3CrN. The Balaban J connectivity index is 3.49. The second-order valence-electron chi connectivity index (χ2n) is 2.35. The Morgan fingerprint density at radius 1 is 1.20 bits per heavy atom. The average molecular weight is 246 g/mol. The summed E-state index contributed by atoms with van der Waals surface area (Å²) < 4.78 is 5.48. The maximum atomic E-state index is 5.70. The Hall–Kier alpha value is 1.36. The van der Waals surface area contributed by atoms with E-state index in [0.29, 0.717) is 5.28 Å². The first-order valence-corrected chi connectivity index (χ1v) is 10.1. The van der Waals surface area contributed by atoms with E-state index in [4.69, 9.17) is 34.9 Å². The zero-order valence-corrected chi connectivity index (χ0v) is 9.49. The van der Waals surface area contributed by atoms with E-state index in [1.165, 1.54) is 0 Å². The van der Waals surface area contributed by atoms with Crippen LogP contribution in [0, 0.1) is 0 Å². The van der Waals surface area contributed by atoms with Gasteiger partial charge >= 0.3 is 75.8 Å². The first-order valence-electron chi connectivity index (χ1n) is 3.19. The molecular weight excluding hydrogens is 232 g/mol. The molecule has 0 spiro atoms. The Bertz CT molecular complexity index is 100.0. The Labute approximate surface area is 75.6 Å². The van der Waals surface area contributed by atoms with Gasteiger partial charge in [0.05, 0.1) is 0 Å². The summed E-state index contributed by atoms with van der Waals surface area (Å²) in [6.45, 7) is 2.10. The van der Waals surface area contributed by atoms with Crippen molar-refractivity contribution in [2.24, 2.45) is 4.72 Å². The molecule has 2 N–H and O–H groups in total. The molecule has 0 aromatic rings. The number of hydrogen-bond acceptors (Lipinski definition) is 1. The summed E-state index contributed by atoms with van der Waals surface area (Å²) >= 11 is 0. The summed E-state index contributed by atoms with van der Waals surface area (Å²) in [7, 11) is 13.5. The second-order valence-corrected chi connectivity index (χ2v) is 16.6. The molecule has 0 unspecified atom stereocenters. The molecule has 10 heavy (non-hydrogen) atoms. The first-order chi connectivity index (χ1) is 4.31. The molecule has 0 radical (unpaired) electrons. The van der Waals surface area contributed by atoms with Crippen molar-refractivity contribution in [2.75, 3.05) is 0 Å². The normalized spacial score (nSPS) is 16.3. The number of unbranched alkanes of at least 4 members (excludes halogenated alkanes) is 2. The van der Waals surface area contributed by atoms with Crippen molar-refractivity contribution >= 4 is 30.1 Å². The minimum absolute atomic E-state index is 0.582. The fourth-order valence-electron chi connectivity index (χ4n) is 0.599. The monoisotopic (exact) mass is 244 g/mol. The average Bonchev–Trinajstić information content (AvgIpc) is 1.61. The van der Waals surface area contributed by atoms with Gasteiger partial charge in [-0.25, -0.2) is 0 Å². The van der Waals surface area contributed by atoms with Gasteiger partial charge in [0.2, 0.25) is 0 Å². The van der Waals surface area contributed by atoms with E-state index in [2.05, 4.69) is 6.92 Å². The van der Waals surface area contributed by atoms with Crippen molar-refractivity contribution in [3.63, 3.8) is 0 Å². The molecule has 0 amide bonds. The van der Waals surface area contributed by atoms with Crippen LogP contribution in [0.1, 0.15) is 26.2 Å². The molecule has 0 saturated heterocycles. The number of rotatable bonds is 4. The summed E-state index contributed by atoms with van der Waals surface area (Å²) in [5.74, 6) is 0. The molecule has 0 fully saturated rings.